The van der Waals surface area contributed by atoms with Gasteiger partial charge >= 0.3 is 5.97 Å². The number of rotatable bonds is 5. The minimum absolute atomic E-state index is 0.0257. The molecule has 1 amide bonds. The Hall–Kier alpha value is -3.38. The molecule has 32 heavy (non-hydrogen) atoms. The first-order valence-electron chi connectivity index (χ1n) is 10.8. The van der Waals surface area contributed by atoms with Gasteiger partial charge in [-0.1, -0.05) is 30.3 Å². The number of benzene rings is 2. The van der Waals surface area contributed by atoms with Crippen LogP contribution in [0.4, 0.5) is 0 Å². The van der Waals surface area contributed by atoms with Crippen LogP contribution in [0.1, 0.15) is 40.1 Å². The summed E-state index contributed by atoms with van der Waals surface area (Å²) in [7, 11) is 1.38. The quantitative estimate of drug-likeness (QED) is 0.557. The van der Waals surface area contributed by atoms with Gasteiger partial charge in [0.15, 0.2) is 0 Å². The van der Waals surface area contributed by atoms with Gasteiger partial charge in [0.2, 0.25) is 0 Å². The van der Waals surface area contributed by atoms with Crippen molar-refractivity contribution in [2.75, 3.05) is 20.2 Å². The van der Waals surface area contributed by atoms with Crippen LogP contribution in [0.3, 0.4) is 0 Å². The number of nitrogens with zero attached hydrogens (tertiary/aromatic N) is 2. The lowest BCUT2D eigenvalue weighted by atomic mass is 10.0. The normalized spacial score (nSPS) is 19.0. The minimum atomic E-state index is -0.333. The Morgan fingerprint density at radius 3 is 2.28 bits per heavy atom. The van der Waals surface area contributed by atoms with Gasteiger partial charge in [0, 0.05) is 37.3 Å². The summed E-state index contributed by atoms with van der Waals surface area (Å²) < 4.78 is 10.3. The summed E-state index contributed by atoms with van der Waals surface area (Å²) in [6.45, 7) is 6.36. The molecule has 1 aliphatic heterocycles. The molecular formula is C26H28N2O4. The molecule has 2 heterocycles. The highest BCUT2D eigenvalue weighted by atomic mass is 16.5. The first kappa shape index (κ1) is 21.8. The highest BCUT2D eigenvalue weighted by Crippen LogP contribution is 2.27. The second kappa shape index (κ2) is 9.40. The zero-order valence-electron chi connectivity index (χ0n) is 18.7. The summed E-state index contributed by atoms with van der Waals surface area (Å²) in [4.78, 5) is 29.4. The zero-order chi connectivity index (χ0) is 22.7. The molecule has 0 saturated carbocycles. The van der Waals surface area contributed by atoms with Gasteiger partial charge in [-0.05, 0) is 49.7 Å². The van der Waals surface area contributed by atoms with Gasteiger partial charge in [-0.25, -0.2) is 4.79 Å². The first-order valence-corrected chi connectivity index (χ1v) is 10.8. The third kappa shape index (κ3) is 4.46. The molecule has 1 saturated heterocycles. The number of amides is 1. The van der Waals surface area contributed by atoms with E-state index in [1.54, 1.807) is 18.4 Å². The van der Waals surface area contributed by atoms with Crippen LogP contribution in [0.15, 0.2) is 71.3 Å². The Kier molecular flexibility index (Phi) is 6.42. The van der Waals surface area contributed by atoms with E-state index in [1.165, 1.54) is 7.11 Å². The molecule has 6 heteroatoms. The monoisotopic (exact) mass is 432 g/mol. The predicted molar refractivity (Wildman–Crippen MR) is 122 cm³/mol. The number of carbonyl (C=O) groups is 2. The number of hydrogen-bond donors (Lipinski definition) is 0. The first-order chi connectivity index (χ1) is 15.5. The fourth-order valence-electron chi connectivity index (χ4n) is 4.40. The molecular weight excluding hydrogens is 404 g/mol. The molecule has 166 valence electrons. The lowest BCUT2D eigenvalue weighted by molar-refractivity contribution is 0.0270. The summed E-state index contributed by atoms with van der Waals surface area (Å²) in [6.07, 6.45) is 1.62. The summed E-state index contributed by atoms with van der Waals surface area (Å²) in [6, 6.07) is 19.2. The Morgan fingerprint density at radius 1 is 0.969 bits per heavy atom. The number of piperazine rings is 1. The number of furan rings is 1. The maximum absolute atomic E-state index is 13.4. The second-order valence-corrected chi connectivity index (χ2v) is 8.29. The molecule has 1 aliphatic rings. The largest absolute Gasteiger partial charge is 0.465 e. The lowest BCUT2D eigenvalue weighted by Crippen LogP contribution is -2.57. The maximum Gasteiger partial charge on any atom is 0.337 e. The van der Waals surface area contributed by atoms with Crippen LogP contribution < -0.4 is 0 Å². The van der Waals surface area contributed by atoms with Crippen LogP contribution in [-0.2, 0) is 11.3 Å². The Labute approximate surface area is 188 Å². The molecule has 3 aromatic rings. The van der Waals surface area contributed by atoms with Crippen LogP contribution >= 0.6 is 0 Å². The van der Waals surface area contributed by atoms with E-state index >= 15 is 0 Å². The molecule has 0 unspecified atom stereocenters. The molecule has 1 fully saturated rings. The third-order valence-corrected chi connectivity index (χ3v) is 6.07. The predicted octanol–water partition coefficient (Wildman–Crippen LogP) is 4.47. The van der Waals surface area contributed by atoms with Crippen molar-refractivity contribution in [3.8, 4) is 11.3 Å². The van der Waals surface area contributed by atoms with E-state index in [0.29, 0.717) is 30.0 Å². The Morgan fingerprint density at radius 2 is 1.66 bits per heavy atom. The number of hydrogen-bond acceptors (Lipinski definition) is 5. The van der Waals surface area contributed by atoms with Gasteiger partial charge in [0.05, 0.1) is 24.5 Å². The smallest absolute Gasteiger partial charge is 0.337 e. The average molecular weight is 433 g/mol. The lowest BCUT2D eigenvalue weighted by Gasteiger charge is -2.44. The molecule has 0 spiro atoms. The fourth-order valence-corrected chi connectivity index (χ4v) is 4.40. The van der Waals surface area contributed by atoms with Gasteiger partial charge in [0.1, 0.15) is 5.76 Å². The maximum atomic E-state index is 13.4. The summed E-state index contributed by atoms with van der Waals surface area (Å²) in [5, 5.41) is 0. The van der Waals surface area contributed by atoms with Crippen molar-refractivity contribution in [1.82, 2.24) is 9.80 Å². The van der Waals surface area contributed by atoms with E-state index in [-0.39, 0.29) is 24.0 Å². The highest BCUT2D eigenvalue weighted by molar-refractivity contribution is 6.00. The topological polar surface area (TPSA) is 63.0 Å². The van der Waals surface area contributed by atoms with Crippen molar-refractivity contribution in [3.63, 3.8) is 0 Å². The number of esters is 1. The van der Waals surface area contributed by atoms with E-state index in [2.05, 4.69) is 18.7 Å². The van der Waals surface area contributed by atoms with E-state index in [9.17, 15) is 9.59 Å². The molecule has 4 rings (SSSR count). The highest BCUT2D eigenvalue weighted by Gasteiger charge is 2.33. The standard InChI is InChI=1S/C26H28N2O4/c1-18-15-27(25(29)23-8-5-4-7-22(23)24-9-6-14-32-24)16-19(2)28(18)17-20-10-12-21(13-11-20)26(30)31-3/h4-14,18-19H,15-17H2,1-3H3/t18-,19+. The molecule has 0 N–H and O–H groups in total. The van der Waals surface area contributed by atoms with E-state index in [0.717, 1.165) is 17.7 Å². The fraction of sp³-hybridized carbons (Fsp3) is 0.308. The average Bonchev–Trinajstić information content (AvgIpc) is 3.35. The molecule has 0 bridgehead atoms. The molecule has 0 aliphatic carbocycles. The summed E-state index contributed by atoms with van der Waals surface area (Å²) in [5.41, 5.74) is 3.15. The van der Waals surface area contributed by atoms with Crippen LogP contribution in [0, 0.1) is 0 Å². The molecule has 2 aromatic carbocycles. The van der Waals surface area contributed by atoms with Gasteiger partial charge in [-0.3, -0.25) is 9.69 Å². The van der Waals surface area contributed by atoms with Crippen molar-refractivity contribution in [1.29, 1.82) is 0 Å². The van der Waals surface area contributed by atoms with Crippen molar-refractivity contribution < 1.29 is 18.7 Å². The summed E-state index contributed by atoms with van der Waals surface area (Å²) >= 11 is 0. The van der Waals surface area contributed by atoms with Crippen molar-refractivity contribution >= 4 is 11.9 Å². The van der Waals surface area contributed by atoms with Crippen molar-refractivity contribution in [2.45, 2.75) is 32.5 Å². The molecule has 6 nitrogen and oxygen atoms in total. The minimum Gasteiger partial charge on any atom is -0.465 e. The van der Waals surface area contributed by atoms with Gasteiger partial charge in [0.25, 0.3) is 5.91 Å². The van der Waals surface area contributed by atoms with Crippen LogP contribution in [0.5, 0.6) is 0 Å². The molecule has 0 radical (unpaired) electrons. The van der Waals surface area contributed by atoms with E-state index < -0.39 is 0 Å². The van der Waals surface area contributed by atoms with Crippen LogP contribution in [0.2, 0.25) is 0 Å². The van der Waals surface area contributed by atoms with E-state index in [4.69, 9.17) is 9.15 Å². The van der Waals surface area contributed by atoms with Gasteiger partial charge < -0.3 is 14.1 Å². The zero-order valence-corrected chi connectivity index (χ0v) is 18.7. The SMILES string of the molecule is COC(=O)c1ccc(CN2[C@H](C)CN(C(=O)c3ccccc3-c3ccco3)C[C@@H]2C)cc1. The number of ether oxygens (including phenoxy) is 1. The van der Waals surface area contributed by atoms with Gasteiger partial charge in [-0.2, -0.15) is 0 Å². The van der Waals surface area contributed by atoms with Crippen LogP contribution in [0.25, 0.3) is 11.3 Å². The Bertz CT molecular complexity index is 1060. The van der Waals surface area contributed by atoms with Crippen LogP contribution in [-0.4, -0.2) is 54.0 Å². The number of carbonyl (C=O) groups excluding carboxylic acids is 2. The van der Waals surface area contributed by atoms with Gasteiger partial charge in [-0.15, -0.1) is 0 Å². The van der Waals surface area contributed by atoms with E-state index in [1.807, 2.05) is 53.4 Å². The van der Waals surface area contributed by atoms with Crippen molar-refractivity contribution in [3.05, 3.63) is 83.6 Å². The Balaban J connectivity index is 1.47. The number of methoxy groups -OCH3 is 1. The van der Waals surface area contributed by atoms with Crippen molar-refractivity contribution in [2.24, 2.45) is 0 Å². The summed E-state index contributed by atoms with van der Waals surface area (Å²) in [5.74, 6) is 0.391. The second-order valence-electron chi connectivity index (χ2n) is 8.29. The third-order valence-electron chi connectivity index (χ3n) is 6.07. The molecule has 1 aromatic heterocycles. The molecule has 2 atom stereocenters.